The highest BCUT2D eigenvalue weighted by molar-refractivity contribution is 5.77. The lowest BCUT2D eigenvalue weighted by molar-refractivity contribution is 0.229. The second kappa shape index (κ2) is 15.1. The van der Waals surface area contributed by atoms with Crippen LogP contribution in [0.25, 0.3) is 0 Å². The predicted octanol–water partition coefficient (Wildman–Crippen LogP) is 6.12. The summed E-state index contributed by atoms with van der Waals surface area (Å²) in [5, 5.41) is 5.37. The molecule has 0 spiro atoms. The Kier molecular flexibility index (Phi) is 13.3. The van der Waals surface area contributed by atoms with Gasteiger partial charge in [-0.2, -0.15) is 0 Å². The molecule has 4 heteroatoms. The average molecular weight is 366 g/mol. The Hall–Kier alpha value is -1.03. The molecule has 1 aliphatic rings. The summed E-state index contributed by atoms with van der Waals surface area (Å²) >= 11 is 0. The second-order valence-electron chi connectivity index (χ2n) is 8.03. The molecule has 0 fully saturated rings. The number of amides is 2. The quantitative estimate of drug-likeness (QED) is 0.272. The SMILES string of the molecule is CCCCCCCCCCCCCCCCCCC1(N)C=CNC(=O)N1. The maximum absolute atomic E-state index is 11.3. The van der Waals surface area contributed by atoms with E-state index in [0.29, 0.717) is 0 Å². The smallest absolute Gasteiger partial charge is 0.316 e. The van der Waals surface area contributed by atoms with Gasteiger partial charge in [0.1, 0.15) is 5.66 Å². The predicted molar refractivity (Wildman–Crippen MR) is 112 cm³/mol. The molecule has 4 nitrogen and oxygen atoms in total. The van der Waals surface area contributed by atoms with Crippen molar-refractivity contribution in [2.75, 3.05) is 0 Å². The van der Waals surface area contributed by atoms with E-state index in [4.69, 9.17) is 5.73 Å². The van der Waals surface area contributed by atoms with Crippen molar-refractivity contribution in [2.45, 2.75) is 122 Å². The summed E-state index contributed by atoms with van der Waals surface area (Å²) in [6, 6.07) is -0.202. The zero-order valence-electron chi connectivity index (χ0n) is 17.2. The molecule has 2 amide bonds. The van der Waals surface area contributed by atoms with Crippen LogP contribution in [0.3, 0.4) is 0 Å². The number of urea groups is 1. The van der Waals surface area contributed by atoms with Crippen LogP contribution in [0.2, 0.25) is 0 Å². The molecular formula is C22H43N3O. The summed E-state index contributed by atoms with van der Waals surface area (Å²) in [7, 11) is 0. The molecule has 1 aliphatic heterocycles. The molecule has 0 saturated carbocycles. The highest BCUT2D eigenvalue weighted by atomic mass is 16.2. The fraction of sp³-hybridized carbons (Fsp3) is 0.864. The van der Waals surface area contributed by atoms with Gasteiger partial charge in [0, 0.05) is 6.20 Å². The molecule has 0 saturated heterocycles. The molecule has 26 heavy (non-hydrogen) atoms. The fourth-order valence-electron chi connectivity index (χ4n) is 3.67. The first-order valence-corrected chi connectivity index (χ1v) is 11.2. The van der Waals surface area contributed by atoms with Gasteiger partial charge in [-0.1, -0.05) is 103 Å². The van der Waals surface area contributed by atoms with Crippen LogP contribution >= 0.6 is 0 Å². The van der Waals surface area contributed by atoms with Crippen molar-refractivity contribution >= 4 is 6.03 Å². The van der Waals surface area contributed by atoms with E-state index in [0.717, 1.165) is 12.8 Å². The molecule has 1 rings (SSSR count). The van der Waals surface area contributed by atoms with Crippen LogP contribution in [0.5, 0.6) is 0 Å². The number of unbranched alkanes of at least 4 members (excludes halogenated alkanes) is 15. The second-order valence-corrected chi connectivity index (χ2v) is 8.03. The minimum absolute atomic E-state index is 0.202. The molecule has 0 radical (unpaired) electrons. The highest BCUT2D eigenvalue weighted by Gasteiger charge is 2.25. The van der Waals surface area contributed by atoms with Gasteiger partial charge in [-0.25, -0.2) is 4.79 Å². The number of rotatable bonds is 17. The van der Waals surface area contributed by atoms with E-state index in [1.54, 1.807) is 6.20 Å². The number of nitrogens with two attached hydrogens (primary N) is 1. The zero-order valence-corrected chi connectivity index (χ0v) is 17.2. The maximum atomic E-state index is 11.3. The molecule has 0 aliphatic carbocycles. The maximum Gasteiger partial charge on any atom is 0.320 e. The van der Waals surface area contributed by atoms with Crippen LogP contribution < -0.4 is 16.4 Å². The highest BCUT2D eigenvalue weighted by Crippen LogP contribution is 2.16. The number of hydrogen-bond donors (Lipinski definition) is 3. The number of carbonyl (C=O) groups excluding carboxylic acids is 1. The number of hydrogen-bond acceptors (Lipinski definition) is 2. The van der Waals surface area contributed by atoms with Crippen LogP contribution in [-0.2, 0) is 0 Å². The molecule has 0 bridgehead atoms. The van der Waals surface area contributed by atoms with Crippen LogP contribution in [0.15, 0.2) is 12.3 Å². The zero-order chi connectivity index (χ0) is 18.9. The van der Waals surface area contributed by atoms with Crippen LogP contribution in [0.1, 0.15) is 116 Å². The fourth-order valence-corrected chi connectivity index (χ4v) is 3.67. The first-order chi connectivity index (χ1) is 12.7. The Morgan fingerprint density at radius 3 is 1.62 bits per heavy atom. The van der Waals surface area contributed by atoms with E-state index in [1.807, 2.05) is 6.08 Å². The van der Waals surface area contributed by atoms with Gasteiger partial charge in [-0.15, -0.1) is 0 Å². The Bertz CT molecular complexity index is 384. The normalized spacial score (nSPS) is 19.4. The van der Waals surface area contributed by atoms with E-state index in [2.05, 4.69) is 17.6 Å². The third-order valence-electron chi connectivity index (χ3n) is 5.39. The van der Waals surface area contributed by atoms with Gasteiger partial charge in [-0.05, 0) is 18.9 Å². The van der Waals surface area contributed by atoms with Crippen LogP contribution in [-0.4, -0.2) is 11.7 Å². The van der Waals surface area contributed by atoms with Crippen molar-refractivity contribution in [2.24, 2.45) is 5.73 Å². The van der Waals surface area contributed by atoms with Crippen molar-refractivity contribution < 1.29 is 4.79 Å². The Morgan fingerprint density at radius 2 is 1.19 bits per heavy atom. The lowest BCUT2D eigenvalue weighted by Gasteiger charge is -2.30. The van der Waals surface area contributed by atoms with E-state index < -0.39 is 5.66 Å². The summed E-state index contributed by atoms with van der Waals surface area (Å²) in [6.07, 6.45) is 26.2. The lowest BCUT2D eigenvalue weighted by atomic mass is 9.99. The van der Waals surface area contributed by atoms with Crippen LogP contribution in [0.4, 0.5) is 4.79 Å². The van der Waals surface area contributed by atoms with Crippen molar-refractivity contribution in [3.05, 3.63) is 12.3 Å². The van der Waals surface area contributed by atoms with E-state index in [-0.39, 0.29) is 6.03 Å². The first kappa shape index (κ1) is 23.0. The summed E-state index contributed by atoms with van der Waals surface area (Å²) in [5.41, 5.74) is 5.50. The third kappa shape index (κ3) is 12.3. The summed E-state index contributed by atoms with van der Waals surface area (Å²) in [6.45, 7) is 2.28. The Labute approximate surface area is 161 Å². The molecular weight excluding hydrogens is 322 g/mol. The summed E-state index contributed by atoms with van der Waals surface area (Å²) < 4.78 is 0. The molecule has 152 valence electrons. The molecule has 0 aromatic carbocycles. The van der Waals surface area contributed by atoms with Crippen LogP contribution in [0, 0.1) is 0 Å². The molecule has 1 heterocycles. The van der Waals surface area contributed by atoms with Gasteiger partial charge in [0.15, 0.2) is 0 Å². The van der Waals surface area contributed by atoms with Crippen molar-refractivity contribution in [3.8, 4) is 0 Å². The lowest BCUT2D eigenvalue weighted by Crippen LogP contribution is -2.59. The summed E-state index contributed by atoms with van der Waals surface area (Å²) in [5.74, 6) is 0. The van der Waals surface area contributed by atoms with Gasteiger partial charge < -0.3 is 16.4 Å². The minimum Gasteiger partial charge on any atom is -0.316 e. The molecule has 0 aromatic rings. The van der Waals surface area contributed by atoms with E-state index in [1.165, 1.54) is 96.3 Å². The Balaban J connectivity index is 1.78. The standard InChI is InChI=1S/C22H43N3O/c1-2-3-4-5-6-7-8-9-10-11-12-13-14-15-16-17-18-22(23)19-20-24-21(26)25-22/h19-20H,2-18,23H2,1H3,(H2,24,25,26). The van der Waals surface area contributed by atoms with Gasteiger partial charge in [-0.3, -0.25) is 0 Å². The largest absolute Gasteiger partial charge is 0.320 e. The molecule has 1 atom stereocenters. The average Bonchev–Trinajstić information content (AvgIpc) is 2.61. The number of carbonyl (C=O) groups is 1. The van der Waals surface area contributed by atoms with Crippen molar-refractivity contribution in [1.29, 1.82) is 0 Å². The number of nitrogens with one attached hydrogen (secondary N) is 2. The first-order valence-electron chi connectivity index (χ1n) is 11.2. The van der Waals surface area contributed by atoms with E-state index in [9.17, 15) is 4.79 Å². The third-order valence-corrected chi connectivity index (χ3v) is 5.39. The van der Waals surface area contributed by atoms with E-state index >= 15 is 0 Å². The topological polar surface area (TPSA) is 67.1 Å². The minimum atomic E-state index is -0.654. The van der Waals surface area contributed by atoms with Gasteiger partial charge in [0.2, 0.25) is 0 Å². The molecule has 4 N–H and O–H groups in total. The van der Waals surface area contributed by atoms with Gasteiger partial charge >= 0.3 is 6.03 Å². The summed E-state index contributed by atoms with van der Waals surface area (Å²) in [4.78, 5) is 11.3. The van der Waals surface area contributed by atoms with Crippen molar-refractivity contribution in [1.82, 2.24) is 10.6 Å². The molecule has 1 unspecified atom stereocenters. The molecule has 0 aromatic heterocycles. The van der Waals surface area contributed by atoms with Crippen molar-refractivity contribution in [3.63, 3.8) is 0 Å². The van der Waals surface area contributed by atoms with Gasteiger partial charge in [0.25, 0.3) is 0 Å². The monoisotopic (exact) mass is 365 g/mol. The Morgan fingerprint density at radius 1 is 0.769 bits per heavy atom. The van der Waals surface area contributed by atoms with Gasteiger partial charge in [0.05, 0.1) is 0 Å².